The van der Waals surface area contributed by atoms with Gasteiger partial charge < -0.3 is 9.84 Å². The van der Waals surface area contributed by atoms with Crippen LogP contribution in [0.15, 0.2) is 48.5 Å². The molecule has 1 atom stereocenters. The third-order valence-corrected chi connectivity index (χ3v) is 3.15. The van der Waals surface area contributed by atoms with Crippen molar-refractivity contribution in [3.05, 3.63) is 64.7 Å². The average molecular weight is 277 g/mol. The highest BCUT2D eigenvalue weighted by Gasteiger charge is 2.21. The second kappa shape index (κ2) is 5.87. The summed E-state index contributed by atoms with van der Waals surface area (Å²) in [6, 6.07) is 13.3. The van der Waals surface area contributed by atoms with Gasteiger partial charge in [0.15, 0.2) is 5.78 Å². The van der Waals surface area contributed by atoms with Crippen LogP contribution >= 0.6 is 11.6 Å². The van der Waals surface area contributed by atoms with Crippen molar-refractivity contribution in [2.75, 3.05) is 7.11 Å². The summed E-state index contributed by atoms with van der Waals surface area (Å²) in [6.45, 7) is 0. The fourth-order valence-corrected chi connectivity index (χ4v) is 1.97. The Labute approximate surface area is 116 Å². The first-order valence-electron chi connectivity index (χ1n) is 5.74. The van der Waals surface area contributed by atoms with E-state index in [4.69, 9.17) is 16.3 Å². The van der Waals surface area contributed by atoms with Gasteiger partial charge in [0.2, 0.25) is 0 Å². The highest BCUT2D eigenvalue weighted by Crippen LogP contribution is 2.24. The van der Waals surface area contributed by atoms with E-state index in [-0.39, 0.29) is 0 Å². The molecule has 0 aromatic heterocycles. The minimum Gasteiger partial charge on any atom is -0.497 e. The predicted molar refractivity (Wildman–Crippen MR) is 73.7 cm³/mol. The van der Waals surface area contributed by atoms with Gasteiger partial charge in [-0.1, -0.05) is 35.9 Å². The quantitative estimate of drug-likeness (QED) is 0.872. The maximum Gasteiger partial charge on any atom is 0.197 e. The molecule has 2 aromatic rings. The van der Waals surface area contributed by atoms with E-state index in [1.807, 2.05) is 0 Å². The molecule has 0 aliphatic rings. The maximum atomic E-state index is 12.2. The fraction of sp³-hybridized carbons (Fsp3) is 0.133. The Kier molecular flexibility index (Phi) is 4.20. The highest BCUT2D eigenvalue weighted by molar-refractivity contribution is 6.34. The van der Waals surface area contributed by atoms with Gasteiger partial charge in [0.25, 0.3) is 0 Å². The molecule has 0 aliphatic carbocycles. The zero-order chi connectivity index (χ0) is 13.8. The van der Waals surface area contributed by atoms with Gasteiger partial charge in [-0.15, -0.1) is 0 Å². The number of benzene rings is 2. The summed E-state index contributed by atoms with van der Waals surface area (Å²) in [5.74, 6) is 0.247. The molecule has 98 valence electrons. The van der Waals surface area contributed by atoms with Gasteiger partial charge in [-0.2, -0.15) is 0 Å². The molecule has 4 heteroatoms. The first-order valence-corrected chi connectivity index (χ1v) is 6.12. The van der Waals surface area contributed by atoms with Gasteiger partial charge in [0, 0.05) is 5.56 Å². The van der Waals surface area contributed by atoms with Gasteiger partial charge in [-0.3, -0.25) is 4.79 Å². The second-order valence-corrected chi connectivity index (χ2v) is 4.43. The Bertz CT molecular complexity index is 578. The number of Topliss-reactive ketones (excluding diaryl/α,β-unsaturated/α-hetero) is 1. The zero-order valence-electron chi connectivity index (χ0n) is 10.3. The van der Waals surface area contributed by atoms with Crippen LogP contribution in [0.1, 0.15) is 22.0 Å². The van der Waals surface area contributed by atoms with Crippen molar-refractivity contribution >= 4 is 17.4 Å². The zero-order valence-corrected chi connectivity index (χ0v) is 11.1. The number of aliphatic hydroxyl groups excluding tert-OH is 1. The lowest BCUT2D eigenvalue weighted by Gasteiger charge is -2.11. The van der Waals surface area contributed by atoms with Crippen molar-refractivity contribution in [2.24, 2.45) is 0 Å². The molecule has 0 saturated heterocycles. The van der Waals surface area contributed by atoms with E-state index in [1.165, 1.54) is 0 Å². The van der Waals surface area contributed by atoms with E-state index in [2.05, 4.69) is 0 Å². The predicted octanol–water partition coefficient (Wildman–Crippen LogP) is 3.26. The number of carbonyl (C=O) groups is 1. The topological polar surface area (TPSA) is 46.5 Å². The molecule has 0 unspecified atom stereocenters. The standard InChI is InChI=1S/C15H13ClO3/c1-19-11-8-6-10(7-9-11)14(17)15(18)12-4-2-3-5-13(12)16/h2-9,14,17H,1H3/t14-/m0/s1. The van der Waals surface area contributed by atoms with Crippen LogP contribution in [0.25, 0.3) is 0 Å². The number of hydrogen-bond acceptors (Lipinski definition) is 3. The summed E-state index contributed by atoms with van der Waals surface area (Å²) in [6.07, 6.45) is -1.23. The van der Waals surface area contributed by atoms with Gasteiger partial charge in [0.05, 0.1) is 12.1 Å². The van der Waals surface area contributed by atoms with Gasteiger partial charge in [-0.25, -0.2) is 0 Å². The average Bonchev–Trinajstić information content (AvgIpc) is 2.46. The Morgan fingerprint density at radius 2 is 1.79 bits per heavy atom. The van der Waals surface area contributed by atoms with Crippen LogP contribution in [0.4, 0.5) is 0 Å². The molecule has 19 heavy (non-hydrogen) atoms. The molecule has 0 spiro atoms. The number of rotatable bonds is 4. The number of methoxy groups -OCH3 is 1. The van der Waals surface area contributed by atoms with Crippen molar-refractivity contribution in [1.29, 1.82) is 0 Å². The van der Waals surface area contributed by atoms with Crippen LogP contribution in [-0.4, -0.2) is 18.0 Å². The van der Waals surface area contributed by atoms with Crippen LogP contribution in [0.2, 0.25) is 5.02 Å². The maximum absolute atomic E-state index is 12.2. The van der Waals surface area contributed by atoms with Crippen LogP contribution in [0.3, 0.4) is 0 Å². The molecule has 0 fully saturated rings. The summed E-state index contributed by atoms with van der Waals surface area (Å²) in [5.41, 5.74) is 0.818. The lowest BCUT2D eigenvalue weighted by Crippen LogP contribution is -2.12. The van der Waals surface area contributed by atoms with Crippen LogP contribution < -0.4 is 4.74 Å². The van der Waals surface area contributed by atoms with Crippen molar-refractivity contribution in [3.63, 3.8) is 0 Å². The molecule has 1 N–H and O–H groups in total. The third-order valence-electron chi connectivity index (χ3n) is 2.82. The molecule has 0 aliphatic heterocycles. The smallest absolute Gasteiger partial charge is 0.197 e. The lowest BCUT2D eigenvalue weighted by molar-refractivity contribution is 0.0747. The largest absolute Gasteiger partial charge is 0.497 e. The molecule has 2 rings (SSSR count). The molecule has 0 radical (unpaired) electrons. The van der Waals surface area contributed by atoms with E-state index in [9.17, 15) is 9.90 Å². The number of halogens is 1. The summed E-state index contributed by atoms with van der Waals surface area (Å²) in [7, 11) is 1.56. The monoisotopic (exact) mass is 276 g/mol. The van der Waals surface area contributed by atoms with Crippen LogP contribution in [0.5, 0.6) is 5.75 Å². The van der Waals surface area contributed by atoms with Crippen molar-refractivity contribution < 1.29 is 14.6 Å². The van der Waals surface area contributed by atoms with Crippen LogP contribution in [-0.2, 0) is 0 Å². The minimum absolute atomic E-state index is 0.312. The number of hydrogen-bond donors (Lipinski definition) is 1. The molecular weight excluding hydrogens is 264 g/mol. The van der Waals surface area contributed by atoms with Crippen molar-refractivity contribution in [1.82, 2.24) is 0 Å². The summed E-state index contributed by atoms with van der Waals surface area (Å²) in [4.78, 5) is 12.2. The number of carbonyl (C=O) groups excluding carboxylic acids is 1. The van der Waals surface area contributed by atoms with E-state index >= 15 is 0 Å². The Morgan fingerprint density at radius 3 is 2.37 bits per heavy atom. The van der Waals surface area contributed by atoms with Gasteiger partial charge in [0.1, 0.15) is 11.9 Å². The molecule has 3 nitrogen and oxygen atoms in total. The minimum atomic E-state index is -1.23. The molecule has 0 amide bonds. The van der Waals surface area contributed by atoms with Gasteiger partial charge in [-0.05, 0) is 29.8 Å². The first-order chi connectivity index (χ1) is 9.13. The van der Waals surface area contributed by atoms with E-state index in [1.54, 1.807) is 55.6 Å². The van der Waals surface area contributed by atoms with Crippen molar-refractivity contribution in [2.45, 2.75) is 6.10 Å². The normalized spacial score (nSPS) is 11.9. The van der Waals surface area contributed by atoms with Crippen LogP contribution in [0, 0.1) is 0 Å². The first kappa shape index (κ1) is 13.6. The molecule has 0 bridgehead atoms. The molecule has 0 heterocycles. The number of aliphatic hydroxyl groups is 1. The summed E-state index contributed by atoms with van der Waals surface area (Å²) < 4.78 is 5.03. The van der Waals surface area contributed by atoms with E-state index in [0.717, 1.165) is 0 Å². The van der Waals surface area contributed by atoms with E-state index in [0.29, 0.717) is 21.9 Å². The second-order valence-electron chi connectivity index (χ2n) is 4.02. The number of ketones is 1. The molecule has 2 aromatic carbocycles. The highest BCUT2D eigenvalue weighted by atomic mass is 35.5. The lowest BCUT2D eigenvalue weighted by atomic mass is 10.00. The Hall–Kier alpha value is -1.84. The number of ether oxygens (including phenoxy) is 1. The summed E-state index contributed by atoms with van der Waals surface area (Å²) >= 11 is 5.95. The molecule has 0 saturated carbocycles. The Balaban J connectivity index is 2.26. The van der Waals surface area contributed by atoms with Crippen molar-refractivity contribution in [3.8, 4) is 5.75 Å². The van der Waals surface area contributed by atoms with Gasteiger partial charge >= 0.3 is 0 Å². The third kappa shape index (κ3) is 2.95. The summed E-state index contributed by atoms with van der Waals surface area (Å²) in [5, 5.41) is 10.4. The fourth-order valence-electron chi connectivity index (χ4n) is 1.75. The van der Waals surface area contributed by atoms with E-state index < -0.39 is 11.9 Å². The SMILES string of the molecule is COc1ccc([C@H](O)C(=O)c2ccccc2Cl)cc1. The Morgan fingerprint density at radius 1 is 1.16 bits per heavy atom. The molecular formula is C15H13ClO3.